The SMILES string of the molecule is C=Cc1nn(COCC[Si](C)(C)C)c2cccc(-c3ccccc3[N+](=O)[O-])c12. The molecular formula is C21H25N3O3Si. The maximum absolute atomic E-state index is 11.5. The second kappa shape index (κ2) is 8.08. The van der Waals surface area contributed by atoms with Gasteiger partial charge in [0.15, 0.2) is 0 Å². The highest BCUT2D eigenvalue weighted by Gasteiger charge is 2.20. The number of aromatic nitrogens is 2. The third kappa shape index (κ3) is 4.21. The fraction of sp³-hybridized carbons (Fsp3) is 0.286. The van der Waals surface area contributed by atoms with Crippen LogP contribution in [0.1, 0.15) is 5.69 Å². The van der Waals surface area contributed by atoms with Crippen molar-refractivity contribution in [1.82, 2.24) is 9.78 Å². The molecule has 0 amide bonds. The number of nitro groups is 1. The minimum Gasteiger partial charge on any atom is -0.360 e. The average Bonchev–Trinajstić information content (AvgIpc) is 3.02. The Morgan fingerprint density at radius 2 is 1.89 bits per heavy atom. The first kappa shape index (κ1) is 20.0. The van der Waals surface area contributed by atoms with Crippen molar-refractivity contribution in [2.24, 2.45) is 0 Å². The summed E-state index contributed by atoms with van der Waals surface area (Å²) in [6, 6.07) is 13.6. The van der Waals surface area contributed by atoms with Crippen molar-refractivity contribution >= 4 is 30.7 Å². The summed E-state index contributed by atoms with van der Waals surface area (Å²) in [6.07, 6.45) is 1.68. The number of nitrogens with zero attached hydrogens (tertiary/aromatic N) is 3. The molecule has 0 aliphatic heterocycles. The van der Waals surface area contributed by atoms with E-state index in [0.717, 1.165) is 22.5 Å². The fourth-order valence-corrected chi connectivity index (χ4v) is 3.87. The molecule has 2 aromatic carbocycles. The Morgan fingerprint density at radius 1 is 1.18 bits per heavy atom. The van der Waals surface area contributed by atoms with Gasteiger partial charge in [-0.1, -0.05) is 50.5 Å². The molecule has 146 valence electrons. The van der Waals surface area contributed by atoms with E-state index >= 15 is 0 Å². The lowest BCUT2D eigenvalue weighted by atomic mass is 9.98. The lowest BCUT2D eigenvalue weighted by molar-refractivity contribution is -0.384. The number of benzene rings is 2. The molecule has 7 heteroatoms. The van der Waals surface area contributed by atoms with E-state index in [9.17, 15) is 10.1 Å². The van der Waals surface area contributed by atoms with Crippen molar-refractivity contribution in [3.63, 3.8) is 0 Å². The largest absolute Gasteiger partial charge is 0.360 e. The first-order valence-electron chi connectivity index (χ1n) is 9.25. The number of hydrogen-bond acceptors (Lipinski definition) is 4. The average molecular weight is 396 g/mol. The number of para-hydroxylation sites is 1. The van der Waals surface area contributed by atoms with E-state index in [1.165, 1.54) is 6.07 Å². The van der Waals surface area contributed by atoms with E-state index in [4.69, 9.17) is 4.74 Å². The second-order valence-corrected chi connectivity index (χ2v) is 13.5. The van der Waals surface area contributed by atoms with Crippen LogP contribution in [-0.4, -0.2) is 29.4 Å². The van der Waals surface area contributed by atoms with E-state index in [1.54, 1.807) is 29.0 Å². The summed E-state index contributed by atoms with van der Waals surface area (Å²) in [7, 11) is -1.16. The molecule has 0 atom stereocenters. The standard InChI is InChI=1S/C21H25N3O3Si/c1-5-18-21-17(16-9-6-7-11-19(16)24(25)26)10-8-12-20(21)23(22-18)15-27-13-14-28(2,3)4/h5-12H,1,13-15H2,2-4H3. The number of ether oxygens (including phenoxy) is 1. The quantitative estimate of drug-likeness (QED) is 0.216. The summed E-state index contributed by atoms with van der Waals surface area (Å²) in [5.41, 5.74) is 2.98. The van der Waals surface area contributed by atoms with Gasteiger partial charge in [0, 0.05) is 31.7 Å². The molecule has 0 radical (unpaired) electrons. The number of fused-ring (bicyclic) bond motifs is 1. The van der Waals surface area contributed by atoms with Crippen LogP contribution in [0.25, 0.3) is 28.1 Å². The van der Waals surface area contributed by atoms with Crippen LogP contribution in [0.5, 0.6) is 0 Å². The second-order valence-electron chi connectivity index (χ2n) is 7.91. The molecule has 0 fully saturated rings. The van der Waals surface area contributed by atoms with Gasteiger partial charge in [-0.3, -0.25) is 10.1 Å². The van der Waals surface area contributed by atoms with Gasteiger partial charge in [0.2, 0.25) is 0 Å². The van der Waals surface area contributed by atoms with E-state index in [1.807, 2.05) is 18.2 Å². The molecule has 6 nitrogen and oxygen atoms in total. The highest BCUT2D eigenvalue weighted by atomic mass is 28.3. The van der Waals surface area contributed by atoms with Crippen LogP contribution in [0.15, 0.2) is 49.0 Å². The first-order valence-corrected chi connectivity index (χ1v) is 13.0. The van der Waals surface area contributed by atoms with Gasteiger partial charge in [-0.05, 0) is 24.3 Å². The van der Waals surface area contributed by atoms with Gasteiger partial charge < -0.3 is 4.74 Å². The normalized spacial score (nSPS) is 11.7. The van der Waals surface area contributed by atoms with E-state index < -0.39 is 8.07 Å². The molecule has 0 saturated heterocycles. The molecule has 3 aromatic rings. The van der Waals surface area contributed by atoms with E-state index in [-0.39, 0.29) is 10.6 Å². The van der Waals surface area contributed by atoms with Crippen molar-refractivity contribution in [1.29, 1.82) is 0 Å². The lowest BCUT2D eigenvalue weighted by Gasteiger charge is -2.15. The topological polar surface area (TPSA) is 70.2 Å². The number of hydrogen-bond donors (Lipinski definition) is 0. The molecule has 28 heavy (non-hydrogen) atoms. The summed E-state index contributed by atoms with van der Waals surface area (Å²) in [6.45, 7) is 11.9. The molecule has 0 aliphatic carbocycles. The summed E-state index contributed by atoms with van der Waals surface area (Å²) >= 11 is 0. The summed E-state index contributed by atoms with van der Waals surface area (Å²) in [5.74, 6) is 0. The zero-order valence-electron chi connectivity index (χ0n) is 16.5. The van der Waals surface area contributed by atoms with Crippen LogP contribution in [0.4, 0.5) is 5.69 Å². The maximum Gasteiger partial charge on any atom is 0.277 e. The molecule has 0 saturated carbocycles. The zero-order chi connectivity index (χ0) is 20.3. The molecule has 0 spiro atoms. The molecule has 1 heterocycles. The van der Waals surface area contributed by atoms with Gasteiger partial charge in [-0.2, -0.15) is 5.10 Å². The Balaban J connectivity index is 2.02. The Hall–Kier alpha value is -2.77. The van der Waals surface area contributed by atoms with Gasteiger partial charge in [0.05, 0.1) is 21.7 Å². The van der Waals surface area contributed by atoms with Gasteiger partial charge >= 0.3 is 0 Å². The lowest BCUT2D eigenvalue weighted by Crippen LogP contribution is -2.22. The fourth-order valence-electron chi connectivity index (χ4n) is 3.11. The predicted molar refractivity (Wildman–Crippen MR) is 116 cm³/mol. The van der Waals surface area contributed by atoms with Crippen LogP contribution < -0.4 is 0 Å². The van der Waals surface area contributed by atoms with Crippen molar-refractivity contribution in [2.45, 2.75) is 32.4 Å². The van der Waals surface area contributed by atoms with Crippen molar-refractivity contribution in [3.05, 3.63) is 64.9 Å². The first-order chi connectivity index (χ1) is 13.3. The van der Waals surface area contributed by atoms with Gasteiger partial charge in [0.25, 0.3) is 5.69 Å². The number of nitro benzene ring substituents is 1. The van der Waals surface area contributed by atoms with E-state index in [0.29, 0.717) is 24.6 Å². The van der Waals surface area contributed by atoms with Crippen LogP contribution >= 0.6 is 0 Å². The summed E-state index contributed by atoms with van der Waals surface area (Å²) < 4.78 is 7.66. The third-order valence-electron chi connectivity index (χ3n) is 4.60. The molecular weight excluding hydrogens is 370 g/mol. The molecule has 3 rings (SSSR count). The molecule has 0 bridgehead atoms. The Labute approximate surface area is 165 Å². The van der Waals surface area contributed by atoms with E-state index in [2.05, 4.69) is 31.3 Å². The van der Waals surface area contributed by atoms with Crippen LogP contribution in [0, 0.1) is 10.1 Å². The van der Waals surface area contributed by atoms with Crippen LogP contribution in [-0.2, 0) is 11.5 Å². The van der Waals surface area contributed by atoms with Crippen LogP contribution in [0.2, 0.25) is 25.7 Å². The van der Waals surface area contributed by atoms with Crippen molar-refractivity contribution < 1.29 is 9.66 Å². The molecule has 0 aliphatic rings. The molecule has 0 N–H and O–H groups in total. The number of rotatable bonds is 8. The van der Waals surface area contributed by atoms with Gasteiger partial charge in [-0.15, -0.1) is 0 Å². The van der Waals surface area contributed by atoms with Crippen molar-refractivity contribution in [3.8, 4) is 11.1 Å². The highest BCUT2D eigenvalue weighted by Crippen LogP contribution is 2.36. The summed E-state index contributed by atoms with van der Waals surface area (Å²) in [5, 5.41) is 17.0. The minimum absolute atomic E-state index is 0.0733. The van der Waals surface area contributed by atoms with Gasteiger partial charge in [-0.25, -0.2) is 4.68 Å². The Kier molecular flexibility index (Phi) is 5.76. The Bertz CT molecular complexity index is 1020. The maximum atomic E-state index is 11.5. The zero-order valence-corrected chi connectivity index (χ0v) is 17.5. The minimum atomic E-state index is -1.16. The van der Waals surface area contributed by atoms with Gasteiger partial charge in [0.1, 0.15) is 6.73 Å². The predicted octanol–water partition coefficient (Wildman–Crippen LogP) is 5.57. The molecule has 0 unspecified atom stereocenters. The Morgan fingerprint density at radius 3 is 2.57 bits per heavy atom. The highest BCUT2D eigenvalue weighted by molar-refractivity contribution is 6.76. The third-order valence-corrected chi connectivity index (χ3v) is 6.30. The molecule has 1 aromatic heterocycles. The smallest absolute Gasteiger partial charge is 0.277 e. The summed E-state index contributed by atoms with van der Waals surface area (Å²) in [4.78, 5) is 11.1. The van der Waals surface area contributed by atoms with Crippen LogP contribution in [0.3, 0.4) is 0 Å². The monoisotopic (exact) mass is 395 g/mol. The van der Waals surface area contributed by atoms with Crippen molar-refractivity contribution in [2.75, 3.05) is 6.61 Å².